The Kier molecular flexibility index (Phi) is 4.78. The monoisotopic (exact) mass is 448 g/mol. The number of aromatic amines is 1. The Morgan fingerprint density at radius 3 is 2.52 bits per heavy atom. The summed E-state index contributed by atoms with van der Waals surface area (Å²) in [5, 5.41) is 9.58. The highest BCUT2D eigenvalue weighted by molar-refractivity contribution is 5.95. The van der Waals surface area contributed by atoms with E-state index < -0.39 is 45.3 Å². The average Bonchev–Trinajstić information content (AvgIpc) is 3.27. The Morgan fingerprint density at radius 1 is 0.970 bits per heavy atom. The summed E-state index contributed by atoms with van der Waals surface area (Å²) in [6.07, 6.45) is 2.69. The van der Waals surface area contributed by atoms with Crippen molar-refractivity contribution in [3.63, 3.8) is 0 Å². The van der Waals surface area contributed by atoms with Crippen LogP contribution in [0.3, 0.4) is 0 Å². The molecule has 5 nitrogen and oxygen atoms in total. The molecule has 5 rings (SSSR count). The molecule has 5 aromatic rings. The number of halogens is 3. The molecule has 8 heteroatoms. The Bertz CT molecular complexity index is 1640. The number of carboxylic acid groups (broad SMARTS) is 1. The number of nitrogens with zero attached hydrogens (tertiary/aromatic N) is 1. The molecule has 33 heavy (non-hydrogen) atoms. The van der Waals surface area contributed by atoms with Crippen molar-refractivity contribution in [2.45, 2.75) is 6.54 Å². The van der Waals surface area contributed by atoms with Crippen LogP contribution >= 0.6 is 0 Å². The molecule has 0 unspecified atom stereocenters. The van der Waals surface area contributed by atoms with E-state index in [4.69, 9.17) is 0 Å². The lowest BCUT2D eigenvalue weighted by Crippen LogP contribution is -2.21. The smallest absolute Gasteiger partial charge is 0.341 e. The van der Waals surface area contributed by atoms with Crippen LogP contribution in [0.5, 0.6) is 0 Å². The summed E-state index contributed by atoms with van der Waals surface area (Å²) in [6, 6.07) is 13.6. The minimum atomic E-state index is -1.59. The number of aromatic nitrogens is 2. The summed E-state index contributed by atoms with van der Waals surface area (Å²) in [5.41, 5.74) is 0.152. The molecule has 2 heterocycles. The summed E-state index contributed by atoms with van der Waals surface area (Å²) in [5.74, 6) is -4.17. The summed E-state index contributed by atoms with van der Waals surface area (Å²) < 4.78 is 45.1. The first-order valence-electron chi connectivity index (χ1n) is 9.94. The van der Waals surface area contributed by atoms with Crippen LogP contribution < -0.4 is 5.43 Å². The van der Waals surface area contributed by atoms with Crippen LogP contribution in [0.25, 0.3) is 32.9 Å². The van der Waals surface area contributed by atoms with E-state index in [1.165, 1.54) is 12.1 Å². The van der Waals surface area contributed by atoms with E-state index in [1.807, 2.05) is 24.3 Å². The van der Waals surface area contributed by atoms with Gasteiger partial charge in [0.1, 0.15) is 23.0 Å². The zero-order valence-electron chi connectivity index (χ0n) is 16.9. The first-order chi connectivity index (χ1) is 15.8. The molecule has 0 amide bonds. The van der Waals surface area contributed by atoms with Crippen molar-refractivity contribution in [3.05, 3.63) is 106 Å². The second-order valence-corrected chi connectivity index (χ2v) is 7.61. The zero-order valence-corrected chi connectivity index (χ0v) is 16.9. The third kappa shape index (κ3) is 3.36. The lowest BCUT2D eigenvalue weighted by Gasteiger charge is -2.15. The van der Waals surface area contributed by atoms with Crippen LogP contribution in [0.2, 0.25) is 0 Å². The number of H-pyrrole nitrogens is 1. The maximum Gasteiger partial charge on any atom is 0.341 e. The molecule has 3 aromatic carbocycles. The van der Waals surface area contributed by atoms with Gasteiger partial charge in [0.15, 0.2) is 0 Å². The number of hydrogen-bond acceptors (Lipinski definition) is 2. The molecule has 0 aliphatic carbocycles. The topological polar surface area (TPSA) is 75.1 Å². The molecular formula is C25H15F3N2O3. The van der Waals surface area contributed by atoms with Gasteiger partial charge in [0.2, 0.25) is 5.43 Å². The number of benzene rings is 3. The Morgan fingerprint density at radius 2 is 1.76 bits per heavy atom. The Balaban J connectivity index is 1.64. The molecule has 0 bridgehead atoms. The second-order valence-electron chi connectivity index (χ2n) is 7.61. The normalized spacial score (nSPS) is 11.4. The standard InChI is InChI=1S/C25H15F3N2O3/c26-18-6-7-19(27)23-22(18)24(31)17(25(32)33)12-30(23)11-14-5-4-13(10-20(14)28)15-2-1-3-21-16(15)8-9-29-21/h1-10,12,29H,11H2,(H,32,33). The minimum absolute atomic E-state index is 0.116. The highest BCUT2D eigenvalue weighted by Gasteiger charge is 2.21. The van der Waals surface area contributed by atoms with Crippen molar-refractivity contribution < 1.29 is 23.1 Å². The molecule has 164 valence electrons. The molecule has 0 atom stereocenters. The van der Waals surface area contributed by atoms with Crippen molar-refractivity contribution >= 4 is 27.8 Å². The van der Waals surface area contributed by atoms with Crippen LogP contribution in [-0.2, 0) is 6.54 Å². The first-order valence-corrected chi connectivity index (χ1v) is 9.94. The summed E-state index contributed by atoms with van der Waals surface area (Å²) >= 11 is 0. The second kappa shape index (κ2) is 7.67. The fraction of sp³-hybridized carbons (Fsp3) is 0.0400. The molecule has 0 saturated heterocycles. The molecule has 0 aliphatic heterocycles. The van der Waals surface area contributed by atoms with Crippen molar-refractivity contribution in [3.8, 4) is 11.1 Å². The Labute approximate surface area is 184 Å². The molecule has 0 spiro atoms. The van der Waals surface area contributed by atoms with Crippen LogP contribution in [0.1, 0.15) is 15.9 Å². The number of pyridine rings is 1. The predicted molar refractivity (Wildman–Crippen MR) is 118 cm³/mol. The lowest BCUT2D eigenvalue weighted by molar-refractivity contribution is 0.0695. The number of aromatic carboxylic acids is 1. The fourth-order valence-electron chi connectivity index (χ4n) is 4.09. The van der Waals surface area contributed by atoms with E-state index >= 15 is 4.39 Å². The molecule has 0 saturated carbocycles. The largest absolute Gasteiger partial charge is 0.477 e. The molecule has 2 N–H and O–H groups in total. The highest BCUT2D eigenvalue weighted by Crippen LogP contribution is 2.30. The lowest BCUT2D eigenvalue weighted by atomic mass is 10.00. The van der Waals surface area contributed by atoms with E-state index in [2.05, 4.69) is 4.98 Å². The third-order valence-corrected chi connectivity index (χ3v) is 5.65. The van der Waals surface area contributed by atoms with Crippen molar-refractivity contribution in [2.24, 2.45) is 0 Å². The van der Waals surface area contributed by atoms with E-state index in [0.717, 1.165) is 39.4 Å². The van der Waals surface area contributed by atoms with E-state index in [-0.39, 0.29) is 12.1 Å². The number of fused-ring (bicyclic) bond motifs is 2. The van der Waals surface area contributed by atoms with E-state index in [9.17, 15) is 23.5 Å². The quantitative estimate of drug-likeness (QED) is 0.391. The molecule has 0 aliphatic rings. The third-order valence-electron chi connectivity index (χ3n) is 5.65. The molecule has 0 radical (unpaired) electrons. The van der Waals surface area contributed by atoms with Crippen molar-refractivity contribution in [1.82, 2.24) is 9.55 Å². The van der Waals surface area contributed by atoms with Gasteiger partial charge in [-0.05, 0) is 41.5 Å². The summed E-state index contributed by atoms with van der Waals surface area (Å²) in [4.78, 5) is 27.0. The van der Waals surface area contributed by atoms with E-state index in [1.54, 1.807) is 12.3 Å². The van der Waals surface area contributed by atoms with Gasteiger partial charge >= 0.3 is 5.97 Å². The number of carbonyl (C=O) groups is 1. The summed E-state index contributed by atoms with van der Waals surface area (Å²) in [6.45, 7) is -0.308. The minimum Gasteiger partial charge on any atom is -0.477 e. The number of rotatable bonds is 4. The van der Waals surface area contributed by atoms with Gasteiger partial charge in [-0.15, -0.1) is 0 Å². The van der Waals surface area contributed by atoms with Gasteiger partial charge in [-0.3, -0.25) is 4.79 Å². The predicted octanol–water partition coefficient (Wildman–Crippen LogP) is 5.31. The van der Waals surface area contributed by atoms with Gasteiger partial charge in [-0.25, -0.2) is 18.0 Å². The number of nitrogens with one attached hydrogen (secondary N) is 1. The molecule has 2 aromatic heterocycles. The zero-order chi connectivity index (χ0) is 23.3. The van der Waals surface area contributed by atoms with Gasteiger partial charge in [-0.1, -0.05) is 24.3 Å². The fourth-order valence-corrected chi connectivity index (χ4v) is 4.09. The molecular weight excluding hydrogens is 433 g/mol. The van der Waals surface area contributed by atoms with Crippen LogP contribution in [0.15, 0.2) is 71.8 Å². The van der Waals surface area contributed by atoms with Crippen LogP contribution in [-0.4, -0.2) is 20.6 Å². The number of carboxylic acids is 1. The maximum absolute atomic E-state index is 15.1. The van der Waals surface area contributed by atoms with E-state index in [0.29, 0.717) is 5.56 Å². The summed E-state index contributed by atoms with van der Waals surface area (Å²) in [7, 11) is 0. The van der Waals surface area contributed by atoms with Crippen molar-refractivity contribution in [2.75, 3.05) is 0 Å². The van der Waals surface area contributed by atoms with Gasteiger partial charge in [0.05, 0.1) is 17.4 Å². The number of hydrogen-bond donors (Lipinski definition) is 2. The van der Waals surface area contributed by atoms with Crippen LogP contribution in [0, 0.1) is 17.5 Å². The van der Waals surface area contributed by atoms with Gasteiger partial charge in [0, 0.05) is 28.9 Å². The van der Waals surface area contributed by atoms with Crippen molar-refractivity contribution in [1.29, 1.82) is 0 Å². The van der Waals surface area contributed by atoms with Crippen LogP contribution in [0.4, 0.5) is 13.2 Å². The Hall–Kier alpha value is -4.33. The first kappa shape index (κ1) is 20.6. The van der Waals surface area contributed by atoms with Gasteiger partial charge in [-0.2, -0.15) is 0 Å². The maximum atomic E-state index is 15.1. The highest BCUT2D eigenvalue weighted by atomic mass is 19.1. The average molecular weight is 448 g/mol. The SMILES string of the molecule is O=C(O)c1cn(Cc2ccc(-c3cccc4[nH]ccc34)cc2F)c2c(F)ccc(F)c2c1=O. The van der Waals surface area contributed by atoms with Gasteiger partial charge < -0.3 is 14.7 Å². The molecule has 0 fully saturated rings. The van der Waals surface area contributed by atoms with Gasteiger partial charge in [0.25, 0.3) is 0 Å².